The molecule has 0 spiro atoms. The van der Waals surface area contributed by atoms with Gasteiger partial charge in [-0.05, 0) is 24.5 Å². The lowest BCUT2D eigenvalue weighted by molar-refractivity contribution is -0.120. The van der Waals surface area contributed by atoms with E-state index in [2.05, 4.69) is 19.2 Å². The Balaban J connectivity index is 2.03. The predicted molar refractivity (Wildman–Crippen MR) is 96.7 cm³/mol. The number of nitrogens with one attached hydrogen (secondary N) is 1. The summed E-state index contributed by atoms with van der Waals surface area (Å²) in [6, 6.07) is 4.97. The van der Waals surface area contributed by atoms with E-state index in [-0.39, 0.29) is 18.9 Å². The number of rotatable bonds is 8. The molecule has 0 radical (unpaired) electrons. The van der Waals surface area contributed by atoms with Gasteiger partial charge in [0.1, 0.15) is 13.2 Å². The van der Waals surface area contributed by atoms with Crippen molar-refractivity contribution in [3.63, 3.8) is 0 Å². The fourth-order valence-corrected chi connectivity index (χ4v) is 3.38. The van der Waals surface area contributed by atoms with Crippen molar-refractivity contribution in [3.8, 4) is 11.5 Å². The Morgan fingerprint density at radius 1 is 1.24 bits per heavy atom. The number of ether oxygens (including phenoxy) is 2. The molecule has 1 N–H and O–H groups in total. The molecule has 0 atom stereocenters. The molecule has 1 aliphatic heterocycles. The number of benzene rings is 1. The average Bonchev–Trinajstić information content (AvgIpc) is 2.53. The van der Waals surface area contributed by atoms with Crippen molar-refractivity contribution < 1.29 is 22.7 Å². The van der Waals surface area contributed by atoms with Gasteiger partial charge >= 0.3 is 0 Å². The lowest BCUT2D eigenvalue weighted by Crippen LogP contribution is -2.35. The van der Waals surface area contributed by atoms with Crippen molar-refractivity contribution >= 4 is 21.6 Å². The van der Waals surface area contributed by atoms with Crippen LogP contribution in [0.2, 0.25) is 0 Å². The molecule has 8 heteroatoms. The van der Waals surface area contributed by atoms with Crippen molar-refractivity contribution in [2.75, 3.05) is 36.9 Å². The van der Waals surface area contributed by atoms with E-state index in [9.17, 15) is 13.2 Å². The van der Waals surface area contributed by atoms with Gasteiger partial charge in [-0.25, -0.2) is 8.42 Å². The van der Waals surface area contributed by atoms with Gasteiger partial charge in [-0.1, -0.05) is 13.8 Å². The van der Waals surface area contributed by atoms with Gasteiger partial charge in [0.25, 0.3) is 0 Å². The summed E-state index contributed by atoms with van der Waals surface area (Å²) >= 11 is 0. The number of carbonyl (C=O) groups excluding carboxylic acids is 1. The molecule has 1 amide bonds. The zero-order valence-electron chi connectivity index (χ0n) is 14.9. The van der Waals surface area contributed by atoms with Crippen LogP contribution in [0.1, 0.15) is 26.7 Å². The van der Waals surface area contributed by atoms with E-state index in [0.717, 1.165) is 12.7 Å². The van der Waals surface area contributed by atoms with Crippen LogP contribution in [-0.2, 0) is 14.8 Å². The van der Waals surface area contributed by atoms with Gasteiger partial charge in [0.05, 0.1) is 11.9 Å². The molecule has 25 heavy (non-hydrogen) atoms. The molecule has 1 aliphatic rings. The molecular formula is C17H26N2O5S. The molecule has 0 saturated carbocycles. The van der Waals surface area contributed by atoms with E-state index < -0.39 is 10.0 Å². The monoisotopic (exact) mass is 370 g/mol. The van der Waals surface area contributed by atoms with Gasteiger partial charge < -0.3 is 14.8 Å². The summed E-state index contributed by atoms with van der Waals surface area (Å²) in [6.45, 7) is 5.73. The maximum atomic E-state index is 12.1. The topological polar surface area (TPSA) is 84.9 Å². The van der Waals surface area contributed by atoms with Crippen LogP contribution in [0.4, 0.5) is 5.69 Å². The van der Waals surface area contributed by atoms with Crippen LogP contribution in [0.25, 0.3) is 0 Å². The highest BCUT2D eigenvalue weighted by Gasteiger charge is 2.21. The third-order valence-electron chi connectivity index (χ3n) is 3.80. The van der Waals surface area contributed by atoms with Gasteiger partial charge in [0, 0.05) is 25.6 Å². The predicted octanol–water partition coefficient (Wildman–Crippen LogP) is 1.78. The van der Waals surface area contributed by atoms with Crippen molar-refractivity contribution in [1.82, 2.24) is 5.32 Å². The summed E-state index contributed by atoms with van der Waals surface area (Å²) in [5, 5.41) is 2.82. The van der Waals surface area contributed by atoms with E-state index >= 15 is 0 Å². The second kappa shape index (κ2) is 8.42. The number of anilines is 1. The number of carbonyl (C=O) groups is 1. The molecule has 0 saturated heterocycles. The van der Waals surface area contributed by atoms with Gasteiger partial charge in [0.15, 0.2) is 11.5 Å². The number of nitrogens with zero attached hydrogens (tertiary/aromatic N) is 1. The Hall–Kier alpha value is -1.96. The van der Waals surface area contributed by atoms with Crippen LogP contribution in [-0.4, -0.2) is 46.9 Å². The van der Waals surface area contributed by atoms with Crippen LogP contribution in [0.5, 0.6) is 11.5 Å². The molecule has 0 unspecified atom stereocenters. The largest absolute Gasteiger partial charge is 0.486 e. The standard InChI is InChI=1S/C17H26N2O5S/c1-13(2)6-8-18-17(20)7-9-19(25(3,21)22)14-4-5-15-16(12-14)24-11-10-23-15/h4-5,12-13H,6-11H2,1-3H3,(H,18,20). The minimum Gasteiger partial charge on any atom is -0.486 e. The SMILES string of the molecule is CC(C)CCNC(=O)CCN(c1ccc2c(c1)OCCO2)S(C)(=O)=O. The van der Waals surface area contributed by atoms with Crippen LogP contribution in [0, 0.1) is 5.92 Å². The van der Waals surface area contributed by atoms with Crippen molar-refractivity contribution in [2.24, 2.45) is 5.92 Å². The summed E-state index contributed by atoms with van der Waals surface area (Å²) < 4.78 is 36.4. The zero-order valence-corrected chi connectivity index (χ0v) is 15.8. The minimum atomic E-state index is -3.52. The second-order valence-electron chi connectivity index (χ2n) is 6.45. The summed E-state index contributed by atoms with van der Waals surface area (Å²) in [5.41, 5.74) is 0.460. The molecule has 2 rings (SSSR count). The normalized spacial score (nSPS) is 13.6. The highest BCUT2D eigenvalue weighted by molar-refractivity contribution is 7.92. The zero-order chi connectivity index (χ0) is 18.4. The number of fused-ring (bicyclic) bond motifs is 1. The smallest absolute Gasteiger partial charge is 0.232 e. The fraction of sp³-hybridized carbons (Fsp3) is 0.588. The molecule has 1 aromatic rings. The molecule has 1 aromatic carbocycles. The maximum Gasteiger partial charge on any atom is 0.232 e. The van der Waals surface area contributed by atoms with E-state index in [1.165, 1.54) is 4.31 Å². The van der Waals surface area contributed by atoms with Gasteiger partial charge in [-0.15, -0.1) is 0 Å². The molecule has 7 nitrogen and oxygen atoms in total. The Bertz CT molecular complexity index is 703. The van der Waals surface area contributed by atoms with Gasteiger partial charge in [-0.2, -0.15) is 0 Å². The Labute approximate surface area is 149 Å². The quantitative estimate of drug-likeness (QED) is 0.754. The molecule has 0 bridgehead atoms. The lowest BCUT2D eigenvalue weighted by atomic mass is 10.1. The molecule has 0 fully saturated rings. The van der Waals surface area contributed by atoms with Crippen LogP contribution in [0.3, 0.4) is 0 Å². The van der Waals surface area contributed by atoms with E-state index in [1.807, 2.05) is 0 Å². The van der Waals surface area contributed by atoms with Crippen molar-refractivity contribution in [3.05, 3.63) is 18.2 Å². The van der Waals surface area contributed by atoms with E-state index in [4.69, 9.17) is 9.47 Å². The molecule has 140 valence electrons. The number of amides is 1. The first kappa shape index (κ1) is 19.4. The number of hydrogen-bond donors (Lipinski definition) is 1. The highest BCUT2D eigenvalue weighted by Crippen LogP contribution is 2.34. The first-order chi connectivity index (χ1) is 11.8. The maximum absolute atomic E-state index is 12.1. The van der Waals surface area contributed by atoms with Crippen molar-refractivity contribution in [2.45, 2.75) is 26.7 Å². The van der Waals surface area contributed by atoms with Crippen molar-refractivity contribution in [1.29, 1.82) is 0 Å². The number of sulfonamides is 1. The lowest BCUT2D eigenvalue weighted by Gasteiger charge is -2.25. The first-order valence-corrected chi connectivity index (χ1v) is 10.3. The average molecular weight is 370 g/mol. The fourth-order valence-electron chi connectivity index (χ4n) is 2.47. The Morgan fingerprint density at radius 2 is 1.92 bits per heavy atom. The highest BCUT2D eigenvalue weighted by atomic mass is 32.2. The minimum absolute atomic E-state index is 0.0754. The van der Waals surface area contributed by atoms with Gasteiger partial charge in [-0.3, -0.25) is 9.10 Å². The van der Waals surface area contributed by atoms with Gasteiger partial charge in [0.2, 0.25) is 15.9 Å². The summed E-state index contributed by atoms with van der Waals surface area (Å²) in [5.74, 6) is 1.45. The Morgan fingerprint density at radius 3 is 2.56 bits per heavy atom. The van der Waals surface area contributed by atoms with E-state index in [1.54, 1.807) is 18.2 Å². The third kappa shape index (κ3) is 5.81. The third-order valence-corrected chi connectivity index (χ3v) is 4.99. The number of hydrogen-bond acceptors (Lipinski definition) is 5. The molecule has 1 heterocycles. The van der Waals surface area contributed by atoms with Crippen LogP contribution < -0.4 is 19.1 Å². The Kier molecular flexibility index (Phi) is 6.52. The summed E-state index contributed by atoms with van der Waals surface area (Å²) in [6.07, 6.45) is 2.11. The van der Waals surface area contributed by atoms with E-state index in [0.29, 0.717) is 42.9 Å². The summed E-state index contributed by atoms with van der Waals surface area (Å²) in [4.78, 5) is 11.9. The molecular weight excluding hydrogens is 344 g/mol. The summed E-state index contributed by atoms with van der Waals surface area (Å²) in [7, 11) is -3.52. The molecule has 0 aliphatic carbocycles. The second-order valence-corrected chi connectivity index (χ2v) is 8.35. The first-order valence-electron chi connectivity index (χ1n) is 8.41. The van der Waals surface area contributed by atoms with Crippen LogP contribution in [0.15, 0.2) is 18.2 Å². The van der Waals surface area contributed by atoms with Crippen LogP contribution >= 0.6 is 0 Å². The molecule has 0 aromatic heterocycles.